The summed E-state index contributed by atoms with van der Waals surface area (Å²) in [5, 5.41) is 6.44. The molecule has 1 atom stereocenters. The van der Waals surface area contributed by atoms with E-state index < -0.39 is 0 Å². The van der Waals surface area contributed by atoms with E-state index in [1.165, 1.54) is 77.0 Å². The van der Waals surface area contributed by atoms with Gasteiger partial charge in [-0.3, -0.25) is 9.59 Å². The van der Waals surface area contributed by atoms with Crippen molar-refractivity contribution < 1.29 is 9.59 Å². The van der Waals surface area contributed by atoms with Gasteiger partial charge in [0.15, 0.2) is 5.78 Å². The Morgan fingerprint density at radius 2 is 1.16 bits per heavy atom. The first-order valence-electron chi connectivity index (χ1n) is 13.9. The standard InChI is InChI=1S/C28H56N2O2/c1-6-7-8-9-10-11-12-13-14-15-16-17-18-22-27(31)29-23-20-19-21-26(30-25(4)5)28(32)24(2)3/h24-26,30H,6-23H2,1-5H3,(H,29,31). The van der Waals surface area contributed by atoms with Crippen LogP contribution in [0.3, 0.4) is 0 Å². The lowest BCUT2D eigenvalue weighted by atomic mass is 9.96. The Kier molecular flexibility index (Phi) is 21.3. The van der Waals surface area contributed by atoms with E-state index in [9.17, 15) is 9.59 Å². The average molecular weight is 453 g/mol. The van der Waals surface area contributed by atoms with Gasteiger partial charge in [0.05, 0.1) is 6.04 Å². The first kappa shape index (κ1) is 31.1. The highest BCUT2D eigenvalue weighted by molar-refractivity contribution is 5.85. The zero-order valence-electron chi connectivity index (χ0n) is 22.3. The molecule has 0 aromatic rings. The van der Waals surface area contributed by atoms with Crippen LogP contribution in [0, 0.1) is 5.92 Å². The maximum atomic E-state index is 12.3. The summed E-state index contributed by atoms with van der Waals surface area (Å²) in [6, 6.07) is 0.249. The number of ketones is 1. The van der Waals surface area contributed by atoms with Gasteiger partial charge < -0.3 is 10.6 Å². The second kappa shape index (κ2) is 21.9. The number of nitrogens with one attached hydrogen (secondary N) is 2. The fourth-order valence-electron chi connectivity index (χ4n) is 4.21. The molecule has 4 nitrogen and oxygen atoms in total. The molecule has 0 aromatic carbocycles. The van der Waals surface area contributed by atoms with Crippen molar-refractivity contribution >= 4 is 11.7 Å². The molecule has 0 aliphatic carbocycles. The summed E-state index contributed by atoms with van der Waals surface area (Å²) in [6.07, 6.45) is 20.7. The van der Waals surface area contributed by atoms with Crippen molar-refractivity contribution in [3.05, 3.63) is 0 Å². The van der Waals surface area contributed by atoms with Crippen LogP contribution in [-0.4, -0.2) is 30.3 Å². The predicted molar refractivity (Wildman–Crippen MR) is 139 cm³/mol. The second-order valence-corrected chi connectivity index (χ2v) is 10.3. The van der Waals surface area contributed by atoms with Gasteiger partial charge >= 0.3 is 0 Å². The van der Waals surface area contributed by atoms with Crippen molar-refractivity contribution in [2.24, 2.45) is 5.92 Å². The average Bonchev–Trinajstić information content (AvgIpc) is 2.75. The molecule has 2 N–H and O–H groups in total. The quantitative estimate of drug-likeness (QED) is 0.159. The van der Waals surface area contributed by atoms with Crippen LogP contribution in [0.25, 0.3) is 0 Å². The molecule has 0 aromatic heterocycles. The van der Waals surface area contributed by atoms with Crippen LogP contribution in [0.2, 0.25) is 0 Å². The molecule has 0 radical (unpaired) electrons. The maximum absolute atomic E-state index is 12.3. The molecule has 190 valence electrons. The van der Waals surface area contributed by atoms with E-state index in [1.807, 2.05) is 13.8 Å². The summed E-state index contributed by atoms with van der Waals surface area (Å²) in [5.74, 6) is 0.541. The van der Waals surface area contributed by atoms with Gasteiger partial charge in [0.1, 0.15) is 0 Å². The van der Waals surface area contributed by atoms with Crippen LogP contribution >= 0.6 is 0 Å². The molecular formula is C28H56N2O2. The molecule has 0 rings (SSSR count). The summed E-state index contributed by atoms with van der Waals surface area (Å²) < 4.78 is 0. The van der Waals surface area contributed by atoms with Crippen molar-refractivity contribution in [1.82, 2.24) is 10.6 Å². The van der Waals surface area contributed by atoms with Gasteiger partial charge in [0.25, 0.3) is 0 Å². The van der Waals surface area contributed by atoms with Crippen LogP contribution in [0.15, 0.2) is 0 Å². The minimum Gasteiger partial charge on any atom is -0.356 e. The molecule has 1 amide bonds. The Bertz CT molecular complexity index is 449. The normalized spacial score (nSPS) is 12.5. The van der Waals surface area contributed by atoms with Gasteiger partial charge in [-0.1, -0.05) is 112 Å². The summed E-state index contributed by atoms with van der Waals surface area (Å²) >= 11 is 0. The Balaban J connectivity index is 3.54. The topological polar surface area (TPSA) is 58.2 Å². The third-order valence-electron chi connectivity index (χ3n) is 6.20. The number of carbonyl (C=O) groups is 2. The van der Waals surface area contributed by atoms with Crippen LogP contribution in [0.1, 0.15) is 144 Å². The number of carbonyl (C=O) groups excluding carboxylic acids is 2. The van der Waals surface area contributed by atoms with Crippen molar-refractivity contribution in [1.29, 1.82) is 0 Å². The molecule has 0 aliphatic rings. The molecule has 1 unspecified atom stereocenters. The van der Waals surface area contributed by atoms with E-state index >= 15 is 0 Å². The molecular weight excluding hydrogens is 396 g/mol. The van der Waals surface area contributed by atoms with E-state index in [2.05, 4.69) is 31.4 Å². The number of rotatable bonds is 23. The number of unbranched alkanes of at least 4 members (excludes halogenated alkanes) is 13. The van der Waals surface area contributed by atoms with Crippen LogP contribution in [0.5, 0.6) is 0 Å². The zero-order chi connectivity index (χ0) is 24.0. The molecule has 0 bridgehead atoms. The van der Waals surface area contributed by atoms with Crippen LogP contribution in [-0.2, 0) is 9.59 Å². The van der Waals surface area contributed by atoms with E-state index in [4.69, 9.17) is 0 Å². The first-order chi connectivity index (χ1) is 15.4. The highest BCUT2D eigenvalue weighted by atomic mass is 16.1. The molecule has 0 aliphatic heterocycles. The molecule has 0 fully saturated rings. The maximum Gasteiger partial charge on any atom is 0.219 e. The minimum atomic E-state index is -0.0588. The van der Waals surface area contributed by atoms with Crippen molar-refractivity contribution in [3.8, 4) is 0 Å². The molecule has 0 spiro atoms. The lowest BCUT2D eigenvalue weighted by Crippen LogP contribution is -2.42. The molecule has 0 saturated carbocycles. The molecule has 32 heavy (non-hydrogen) atoms. The largest absolute Gasteiger partial charge is 0.356 e. The fraction of sp³-hybridized carbons (Fsp3) is 0.929. The Hall–Kier alpha value is -0.900. The smallest absolute Gasteiger partial charge is 0.219 e. The highest BCUT2D eigenvalue weighted by Gasteiger charge is 2.21. The lowest BCUT2D eigenvalue weighted by Gasteiger charge is -2.22. The number of Topliss-reactive ketones (excluding diaryl/α,β-unsaturated/α-hetero) is 1. The van der Waals surface area contributed by atoms with Gasteiger partial charge in [-0.15, -0.1) is 0 Å². The predicted octanol–water partition coefficient (Wildman–Crippen LogP) is 7.35. The number of hydrogen-bond acceptors (Lipinski definition) is 3. The Morgan fingerprint density at radius 1 is 0.656 bits per heavy atom. The molecule has 4 heteroatoms. The minimum absolute atomic E-state index is 0.0588. The van der Waals surface area contributed by atoms with Gasteiger partial charge in [0.2, 0.25) is 5.91 Å². The summed E-state index contributed by atoms with van der Waals surface area (Å²) in [5.41, 5.74) is 0. The van der Waals surface area contributed by atoms with Crippen molar-refractivity contribution in [3.63, 3.8) is 0 Å². The third-order valence-corrected chi connectivity index (χ3v) is 6.20. The fourth-order valence-corrected chi connectivity index (χ4v) is 4.21. The van der Waals surface area contributed by atoms with E-state index in [0.29, 0.717) is 18.2 Å². The second-order valence-electron chi connectivity index (χ2n) is 10.3. The lowest BCUT2D eigenvalue weighted by molar-refractivity contribution is -0.124. The SMILES string of the molecule is CCCCCCCCCCCCCCCC(=O)NCCCCC(NC(C)C)C(=O)C(C)C. The number of amides is 1. The van der Waals surface area contributed by atoms with E-state index in [-0.39, 0.29) is 17.9 Å². The van der Waals surface area contributed by atoms with Gasteiger partial charge in [0, 0.05) is 24.9 Å². The molecule has 0 heterocycles. The van der Waals surface area contributed by atoms with Gasteiger partial charge in [-0.05, 0) is 25.7 Å². The summed E-state index contributed by atoms with van der Waals surface area (Å²) in [6.45, 7) is 11.1. The zero-order valence-corrected chi connectivity index (χ0v) is 22.3. The van der Waals surface area contributed by atoms with Crippen LogP contribution in [0.4, 0.5) is 0 Å². The van der Waals surface area contributed by atoms with Crippen molar-refractivity contribution in [2.75, 3.05) is 6.54 Å². The van der Waals surface area contributed by atoms with E-state index in [0.717, 1.165) is 32.2 Å². The van der Waals surface area contributed by atoms with E-state index in [1.54, 1.807) is 0 Å². The highest BCUT2D eigenvalue weighted by Crippen LogP contribution is 2.13. The number of hydrogen-bond donors (Lipinski definition) is 2. The summed E-state index contributed by atoms with van der Waals surface area (Å²) in [4.78, 5) is 24.3. The Morgan fingerprint density at radius 3 is 1.62 bits per heavy atom. The van der Waals surface area contributed by atoms with Gasteiger partial charge in [-0.25, -0.2) is 0 Å². The molecule has 0 saturated heterocycles. The monoisotopic (exact) mass is 452 g/mol. The Labute approximate surface area is 200 Å². The van der Waals surface area contributed by atoms with Gasteiger partial charge in [-0.2, -0.15) is 0 Å². The van der Waals surface area contributed by atoms with Crippen LogP contribution < -0.4 is 10.6 Å². The third kappa shape index (κ3) is 19.8. The van der Waals surface area contributed by atoms with Crippen molar-refractivity contribution in [2.45, 2.75) is 156 Å². The summed E-state index contributed by atoms with van der Waals surface area (Å²) in [7, 11) is 0. The first-order valence-corrected chi connectivity index (χ1v) is 13.9.